The number of rotatable bonds is 8. The van der Waals surface area contributed by atoms with Crippen LogP contribution in [-0.4, -0.2) is 33.4 Å². The van der Waals surface area contributed by atoms with Gasteiger partial charge in [0.2, 0.25) is 0 Å². The minimum absolute atomic E-state index is 0.263. The van der Waals surface area contributed by atoms with Crippen LogP contribution in [0.15, 0.2) is 48.5 Å². The second-order valence-electron chi connectivity index (χ2n) is 5.29. The molecule has 0 heterocycles. The van der Waals surface area contributed by atoms with Gasteiger partial charge in [0.05, 0.1) is 19.8 Å². The van der Waals surface area contributed by atoms with E-state index in [0.29, 0.717) is 18.8 Å². The Hall–Kier alpha value is -2.73. The van der Waals surface area contributed by atoms with Crippen molar-refractivity contribution in [2.45, 2.75) is 13.0 Å². The molecule has 0 aromatic heterocycles. The van der Waals surface area contributed by atoms with Crippen LogP contribution in [0.1, 0.15) is 18.6 Å². The Bertz CT molecular complexity index is 673. The lowest BCUT2D eigenvalue weighted by atomic mass is 10.1. The van der Waals surface area contributed by atoms with E-state index in [1.807, 2.05) is 43.3 Å². The predicted octanol–water partition coefficient (Wildman–Crippen LogP) is 3.60. The first-order valence-electron chi connectivity index (χ1n) is 8.10. The molecule has 0 aliphatic rings. The Morgan fingerprint density at radius 3 is 2.48 bits per heavy atom. The van der Waals surface area contributed by atoms with Crippen LogP contribution in [0.4, 0.5) is 10.5 Å². The van der Waals surface area contributed by atoms with Gasteiger partial charge in [0, 0.05) is 19.3 Å². The third-order valence-electron chi connectivity index (χ3n) is 3.62. The molecule has 2 aromatic carbocycles. The largest absolute Gasteiger partial charge is 0.497 e. The second kappa shape index (κ2) is 9.54. The summed E-state index contributed by atoms with van der Waals surface area (Å²) in [6.07, 6.45) is -0.263. The third kappa shape index (κ3) is 5.69. The number of hydrogen-bond donors (Lipinski definition) is 2. The molecule has 2 aromatic rings. The van der Waals surface area contributed by atoms with Gasteiger partial charge < -0.3 is 24.8 Å². The summed E-state index contributed by atoms with van der Waals surface area (Å²) in [4.78, 5) is 12.1. The van der Waals surface area contributed by atoms with Gasteiger partial charge in [-0.3, -0.25) is 0 Å². The van der Waals surface area contributed by atoms with Gasteiger partial charge in [-0.25, -0.2) is 4.79 Å². The maximum atomic E-state index is 12.1. The van der Waals surface area contributed by atoms with Crippen LogP contribution in [-0.2, 0) is 4.74 Å². The molecule has 25 heavy (non-hydrogen) atoms. The molecule has 0 radical (unpaired) electrons. The summed E-state index contributed by atoms with van der Waals surface area (Å²) in [6, 6.07) is 14.5. The minimum Gasteiger partial charge on any atom is -0.497 e. The Morgan fingerprint density at radius 1 is 1.08 bits per heavy atom. The van der Waals surface area contributed by atoms with Crippen molar-refractivity contribution in [3.63, 3.8) is 0 Å². The Morgan fingerprint density at radius 2 is 1.84 bits per heavy atom. The Balaban J connectivity index is 1.88. The molecule has 6 nitrogen and oxygen atoms in total. The van der Waals surface area contributed by atoms with Gasteiger partial charge in [0.1, 0.15) is 11.5 Å². The summed E-state index contributed by atoms with van der Waals surface area (Å²) < 4.78 is 16.1. The summed E-state index contributed by atoms with van der Waals surface area (Å²) in [5.74, 6) is 1.52. The summed E-state index contributed by atoms with van der Waals surface area (Å²) in [5.41, 5.74) is 1.62. The van der Waals surface area contributed by atoms with Crippen molar-refractivity contribution < 1.29 is 19.0 Å². The van der Waals surface area contributed by atoms with Crippen molar-refractivity contribution in [1.29, 1.82) is 0 Å². The highest BCUT2D eigenvalue weighted by atomic mass is 16.5. The molecule has 0 bridgehead atoms. The molecule has 1 atom stereocenters. The molecule has 0 saturated carbocycles. The fraction of sp³-hybridized carbons (Fsp3) is 0.316. The van der Waals surface area contributed by atoms with Crippen LogP contribution in [0.3, 0.4) is 0 Å². The van der Waals surface area contributed by atoms with E-state index in [1.165, 1.54) is 0 Å². The number of benzene rings is 2. The molecular weight excluding hydrogens is 320 g/mol. The zero-order valence-corrected chi connectivity index (χ0v) is 14.7. The van der Waals surface area contributed by atoms with Crippen LogP contribution in [0.2, 0.25) is 0 Å². The van der Waals surface area contributed by atoms with Crippen LogP contribution in [0.5, 0.6) is 11.5 Å². The monoisotopic (exact) mass is 344 g/mol. The number of carbonyl (C=O) groups excluding carboxylic acids is 1. The molecule has 0 fully saturated rings. The van der Waals surface area contributed by atoms with E-state index in [9.17, 15) is 4.79 Å². The SMILES string of the molecule is CCOc1ccc(NC(=O)NCC(OC)c2cccc(OC)c2)cc1. The molecule has 2 rings (SSSR count). The van der Waals surface area contributed by atoms with Crippen LogP contribution in [0.25, 0.3) is 0 Å². The zero-order valence-electron chi connectivity index (χ0n) is 14.7. The lowest BCUT2D eigenvalue weighted by Crippen LogP contribution is -2.32. The number of hydrogen-bond acceptors (Lipinski definition) is 4. The molecule has 0 aliphatic carbocycles. The van der Waals surface area contributed by atoms with Crippen LogP contribution < -0.4 is 20.1 Å². The smallest absolute Gasteiger partial charge is 0.319 e. The summed E-state index contributed by atoms with van der Waals surface area (Å²) in [6.45, 7) is 2.87. The highest BCUT2D eigenvalue weighted by molar-refractivity contribution is 5.89. The van der Waals surface area contributed by atoms with Crippen molar-refractivity contribution in [3.8, 4) is 11.5 Å². The number of ether oxygens (including phenoxy) is 3. The van der Waals surface area contributed by atoms with E-state index in [-0.39, 0.29) is 12.1 Å². The number of amides is 2. The molecule has 0 saturated heterocycles. The molecule has 0 spiro atoms. The molecule has 2 amide bonds. The second-order valence-corrected chi connectivity index (χ2v) is 5.29. The van der Waals surface area contributed by atoms with Crippen molar-refractivity contribution >= 4 is 11.7 Å². The van der Waals surface area contributed by atoms with Gasteiger partial charge in [-0.05, 0) is 48.9 Å². The van der Waals surface area contributed by atoms with E-state index < -0.39 is 0 Å². The quantitative estimate of drug-likeness (QED) is 0.768. The fourth-order valence-electron chi connectivity index (χ4n) is 2.34. The normalized spacial score (nSPS) is 11.5. The Kier molecular flexibility index (Phi) is 7.10. The molecule has 134 valence electrons. The van der Waals surface area contributed by atoms with Crippen LogP contribution >= 0.6 is 0 Å². The molecule has 1 unspecified atom stereocenters. The van der Waals surface area contributed by atoms with Gasteiger partial charge in [0.15, 0.2) is 0 Å². The molecular formula is C19H24N2O4. The fourth-order valence-corrected chi connectivity index (χ4v) is 2.34. The van der Waals surface area contributed by atoms with Crippen molar-refractivity contribution in [2.24, 2.45) is 0 Å². The number of methoxy groups -OCH3 is 2. The van der Waals surface area contributed by atoms with E-state index in [1.54, 1.807) is 26.4 Å². The van der Waals surface area contributed by atoms with Gasteiger partial charge >= 0.3 is 6.03 Å². The standard InChI is InChI=1S/C19H24N2O4/c1-4-25-16-10-8-15(9-11-16)21-19(22)20-13-18(24-3)14-6-5-7-17(12-14)23-2/h5-12,18H,4,13H2,1-3H3,(H2,20,21,22). The summed E-state index contributed by atoms with van der Waals surface area (Å²) in [5, 5.41) is 5.59. The highest BCUT2D eigenvalue weighted by Crippen LogP contribution is 2.21. The summed E-state index contributed by atoms with van der Waals surface area (Å²) in [7, 11) is 3.22. The van der Waals surface area contributed by atoms with Crippen LogP contribution in [0, 0.1) is 0 Å². The predicted molar refractivity (Wildman–Crippen MR) is 97.4 cm³/mol. The Labute approximate surface area is 148 Å². The highest BCUT2D eigenvalue weighted by Gasteiger charge is 2.13. The first-order chi connectivity index (χ1) is 12.2. The average molecular weight is 344 g/mol. The van der Waals surface area contributed by atoms with Gasteiger partial charge in [-0.2, -0.15) is 0 Å². The molecule has 6 heteroatoms. The lowest BCUT2D eigenvalue weighted by molar-refractivity contribution is 0.104. The minimum atomic E-state index is -0.297. The van der Waals surface area contributed by atoms with E-state index in [4.69, 9.17) is 14.2 Å². The van der Waals surface area contributed by atoms with Gasteiger partial charge in [-0.15, -0.1) is 0 Å². The van der Waals surface area contributed by atoms with E-state index in [0.717, 1.165) is 17.1 Å². The molecule has 0 aliphatic heterocycles. The number of urea groups is 1. The number of carbonyl (C=O) groups is 1. The van der Waals surface area contributed by atoms with Crippen molar-refractivity contribution in [1.82, 2.24) is 5.32 Å². The van der Waals surface area contributed by atoms with Crippen molar-refractivity contribution in [3.05, 3.63) is 54.1 Å². The van der Waals surface area contributed by atoms with Gasteiger partial charge in [-0.1, -0.05) is 12.1 Å². The lowest BCUT2D eigenvalue weighted by Gasteiger charge is -2.17. The maximum Gasteiger partial charge on any atom is 0.319 e. The van der Waals surface area contributed by atoms with Gasteiger partial charge in [0.25, 0.3) is 0 Å². The third-order valence-corrected chi connectivity index (χ3v) is 3.62. The molecule has 2 N–H and O–H groups in total. The topological polar surface area (TPSA) is 68.8 Å². The summed E-state index contributed by atoms with van der Waals surface area (Å²) >= 11 is 0. The first-order valence-corrected chi connectivity index (χ1v) is 8.10. The van der Waals surface area contributed by atoms with E-state index in [2.05, 4.69) is 10.6 Å². The zero-order chi connectivity index (χ0) is 18.1. The van der Waals surface area contributed by atoms with Crippen molar-refractivity contribution in [2.75, 3.05) is 32.7 Å². The first kappa shape index (κ1) is 18.6. The number of nitrogens with one attached hydrogen (secondary N) is 2. The number of anilines is 1. The average Bonchev–Trinajstić information content (AvgIpc) is 2.64. The van der Waals surface area contributed by atoms with E-state index >= 15 is 0 Å². The maximum absolute atomic E-state index is 12.1.